The molecule has 5 nitrogen and oxygen atoms in total. The smallest absolute Gasteiger partial charge is 0.352 e. The predicted molar refractivity (Wildman–Crippen MR) is 120 cm³/mol. The highest BCUT2D eigenvalue weighted by molar-refractivity contribution is 5.98. The summed E-state index contributed by atoms with van der Waals surface area (Å²) in [7, 11) is 0. The van der Waals surface area contributed by atoms with Crippen LogP contribution in [0.1, 0.15) is 34.5 Å². The van der Waals surface area contributed by atoms with Crippen LogP contribution >= 0.6 is 0 Å². The number of benzene rings is 3. The zero-order valence-corrected chi connectivity index (χ0v) is 17.0. The lowest BCUT2D eigenvalue weighted by molar-refractivity contribution is -0.145. The van der Waals surface area contributed by atoms with Crippen molar-refractivity contribution in [2.75, 3.05) is 0 Å². The van der Waals surface area contributed by atoms with Gasteiger partial charge in [0, 0.05) is 17.3 Å². The molecule has 0 aliphatic heterocycles. The Kier molecular flexibility index (Phi) is 6.13. The average Bonchev–Trinajstić information content (AvgIpc) is 3.17. The van der Waals surface area contributed by atoms with E-state index in [0.29, 0.717) is 12.8 Å². The quantitative estimate of drug-likeness (QED) is 0.369. The van der Waals surface area contributed by atoms with Crippen molar-refractivity contribution in [1.82, 2.24) is 4.98 Å². The number of carboxylic acid groups (broad SMARTS) is 1. The van der Waals surface area contributed by atoms with Crippen molar-refractivity contribution >= 4 is 22.8 Å². The first kappa shape index (κ1) is 20.4. The number of carboxylic acids is 1. The second-order valence-corrected chi connectivity index (χ2v) is 7.41. The third-order valence-corrected chi connectivity index (χ3v) is 5.28. The van der Waals surface area contributed by atoms with Gasteiger partial charge in [0.1, 0.15) is 12.3 Å². The fourth-order valence-corrected chi connectivity index (χ4v) is 3.72. The minimum atomic E-state index is -1.00. The van der Waals surface area contributed by atoms with Gasteiger partial charge in [-0.3, -0.25) is 4.79 Å². The van der Waals surface area contributed by atoms with E-state index in [1.54, 1.807) is 0 Å². The molecule has 0 aliphatic carbocycles. The van der Waals surface area contributed by atoms with E-state index in [0.717, 1.165) is 33.2 Å². The summed E-state index contributed by atoms with van der Waals surface area (Å²) in [6, 6.07) is 25.4. The summed E-state index contributed by atoms with van der Waals surface area (Å²) in [6.45, 7) is 0.244. The Bertz CT molecular complexity index is 1200. The third kappa shape index (κ3) is 4.83. The monoisotopic (exact) mass is 413 g/mol. The van der Waals surface area contributed by atoms with E-state index in [1.165, 1.54) is 0 Å². The van der Waals surface area contributed by atoms with Crippen LogP contribution in [0.4, 0.5) is 0 Å². The Hall–Kier alpha value is -3.86. The number of aromatic carboxylic acids is 1. The number of rotatable bonds is 8. The molecular weight excluding hydrogens is 390 g/mol. The highest BCUT2D eigenvalue weighted by atomic mass is 16.5. The second-order valence-electron chi connectivity index (χ2n) is 7.41. The minimum absolute atomic E-state index is 0.179. The molecule has 0 atom stereocenters. The third-order valence-electron chi connectivity index (χ3n) is 5.28. The summed E-state index contributed by atoms with van der Waals surface area (Å²) in [5, 5.41) is 10.5. The summed E-state index contributed by atoms with van der Waals surface area (Å²) < 4.78 is 5.33. The molecule has 156 valence electrons. The Morgan fingerprint density at radius 1 is 0.871 bits per heavy atom. The largest absolute Gasteiger partial charge is 0.477 e. The van der Waals surface area contributed by atoms with Gasteiger partial charge in [0.05, 0.1) is 0 Å². The molecule has 0 aliphatic rings. The first-order valence-electron chi connectivity index (χ1n) is 10.2. The summed E-state index contributed by atoms with van der Waals surface area (Å²) in [5.41, 5.74) is 4.70. The molecule has 0 fully saturated rings. The summed E-state index contributed by atoms with van der Waals surface area (Å²) in [4.78, 5) is 26.9. The van der Waals surface area contributed by atoms with Gasteiger partial charge >= 0.3 is 11.9 Å². The van der Waals surface area contributed by atoms with E-state index in [9.17, 15) is 14.7 Å². The number of nitrogens with one attached hydrogen (secondary N) is 1. The lowest BCUT2D eigenvalue weighted by Crippen LogP contribution is -2.06. The number of H-pyrrole nitrogens is 1. The van der Waals surface area contributed by atoms with Crippen LogP contribution in [0.25, 0.3) is 22.0 Å². The van der Waals surface area contributed by atoms with Gasteiger partial charge in [0.2, 0.25) is 0 Å². The first-order valence-corrected chi connectivity index (χ1v) is 10.2. The molecule has 31 heavy (non-hydrogen) atoms. The van der Waals surface area contributed by atoms with Crippen molar-refractivity contribution in [3.05, 3.63) is 95.7 Å². The number of hydrogen-bond donors (Lipinski definition) is 2. The van der Waals surface area contributed by atoms with Crippen LogP contribution in [-0.4, -0.2) is 22.0 Å². The van der Waals surface area contributed by atoms with Gasteiger partial charge in [-0.2, -0.15) is 0 Å². The van der Waals surface area contributed by atoms with Crippen molar-refractivity contribution in [2.45, 2.75) is 25.9 Å². The maximum absolute atomic E-state index is 12.1. The molecule has 1 heterocycles. The molecule has 0 radical (unpaired) electrons. The Morgan fingerprint density at radius 3 is 2.29 bits per heavy atom. The molecule has 4 rings (SSSR count). The zero-order valence-electron chi connectivity index (χ0n) is 17.0. The molecule has 0 unspecified atom stereocenters. The molecule has 3 aromatic carbocycles. The standard InChI is InChI=1S/C26H23NO4/c28-24(31-17-18-8-3-1-4-9-18)13-7-12-21-22-16-20(19-10-5-2-6-11-19)14-15-23(22)27-25(21)26(29)30/h1-6,8-11,14-16,27H,7,12-13,17H2,(H,29,30). The topological polar surface area (TPSA) is 79.4 Å². The van der Waals surface area contributed by atoms with Crippen LogP contribution in [0, 0.1) is 0 Å². The lowest BCUT2D eigenvalue weighted by Gasteiger charge is -2.06. The predicted octanol–water partition coefficient (Wildman–Crippen LogP) is 5.60. The van der Waals surface area contributed by atoms with Gasteiger partial charge in [-0.25, -0.2) is 4.79 Å². The zero-order chi connectivity index (χ0) is 21.6. The normalized spacial score (nSPS) is 10.8. The summed E-state index contributed by atoms with van der Waals surface area (Å²) >= 11 is 0. The van der Waals surface area contributed by atoms with Gasteiger partial charge in [0.25, 0.3) is 0 Å². The molecule has 0 amide bonds. The number of hydrogen-bond acceptors (Lipinski definition) is 3. The van der Waals surface area contributed by atoms with Gasteiger partial charge in [-0.05, 0) is 47.2 Å². The van der Waals surface area contributed by atoms with Crippen LogP contribution < -0.4 is 0 Å². The molecular formula is C26H23NO4. The number of ether oxygens (including phenoxy) is 1. The summed E-state index contributed by atoms with van der Waals surface area (Å²) in [5.74, 6) is -1.29. The molecule has 4 aromatic rings. The molecule has 2 N–H and O–H groups in total. The number of aromatic amines is 1. The van der Waals surface area contributed by atoms with Crippen LogP contribution in [-0.2, 0) is 22.6 Å². The van der Waals surface area contributed by atoms with Crippen molar-refractivity contribution in [1.29, 1.82) is 0 Å². The van der Waals surface area contributed by atoms with E-state index < -0.39 is 5.97 Å². The van der Waals surface area contributed by atoms with E-state index in [-0.39, 0.29) is 24.7 Å². The first-order chi connectivity index (χ1) is 15.1. The van der Waals surface area contributed by atoms with Crippen molar-refractivity contribution in [3.8, 4) is 11.1 Å². The van der Waals surface area contributed by atoms with Gasteiger partial charge in [-0.1, -0.05) is 66.7 Å². The molecule has 0 spiro atoms. The fraction of sp³-hybridized carbons (Fsp3) is 0.154. The maximum Gasteiger partial charge on any atom is 0.352 e. The number of fused-ring (bicyclic) bond motifs is 1. The molecule has 1 aromatic heterocycles. The van der Waals surface area contributed by atoms with Gasteiger partial charge in [0.15, 0.2) is 0 Å². The van der Waals surface area contributed by atoms with Crippen LogP contribution in [0.3, 0.4) is 0 Å². The van der Waals surface area contributed by atoms with E-state index >= 15 is 0 Å². The lowest BCUT2D eigenvalue weighted by atomic mass is 9.99. The molecule has 0 saturated carbocycles. The van der Waals surface area contributed by atoms with E-state index in [2.05, 4.69) is 4.98 Å². The average molecular weight is 413 g/mol. The number of esters is 1. The van der Waals surface area contributed by atoms with Crippen molar-refractivity contribution < 1.29 is 19.4 Å². The number of aryl methyl sites for hydroxylation is 1. The van der Waals surface area contributed by atoms with Gasteiger partial charge < -0.3 is 14.8 Å². The van der Waals surface area contributed by atoms with E-state index in [4.69, 9.17) is 4.74 Å². The number of carbonyl (C=O) groups excluding carboxylic acids is 1. The Labute approximate surface area is 180 Å². The van der Waals surface area contributed by atoms with E-state index in [1.807, 2.05) is 78.9 Å². The molecule has 5 heteroatoms. The number of carbonyl (C=O) groups is 2. The van der Waals surface area contributed by atoms with Crippen molar-refractivity contribution in [3.63, 3.8) is 0 Å². The summed E-state index contributed by atoms with van der Waals surface area (Å²) in [6.07, 6.45) is 1.22. The maximum atomic E-state index is 12.1. The molecule has 0 saturated heterocycles. The van der Waals surface area contributed by atoms with Gasteiger partial charge in [-0.15, -0.1) is 0 Å². The number of aromatic nitrogens is 1. The van der Waals surface area contributed by atoms with Crippen LogP contribution in [0.2, 0.25) is 0 Å². The second kappa shape index (κ2) is 9.30. The molecule has 0 bridgehead atoms. The Morgan fingerprint density at radius 2 is 1.58 bits per heavy atom. The van der Waals surface area contributed by atoms with Crippen LogP contribution in [0.15, 0.2) is 78.9 Å². The highest BCUT2D eigenvalue weighted by Crippen LogP contribution is 2.29. The fourth-order valence-electron chi connectivity index (χ4n) is 3.72. The SMILES string of the molecule is O=C(CCCc1c(C(=O)O)[nH]c2ccc(-c3ccccc3)cc12)OCc1ccccc1. The van der Waals surface area contributed by atoms with Crippen molar-refractivity contribution in [2.24, 2.45) is 0 Å². The van der Waals surface area contributed by atoms with Crippen LogP contribution in [0.5, 0.6) is 0 Å². The highest BCUT2D eigenvalue weighted by Gasteiger charge is 2.18. The minimum Gasteiger partial charge on any atom is -0.477 e. The Balaban J connectivity index is 1.48.